The Morgan fingerprint density at radius 1 is 1.38 bits per heavy atom. The fourth-order valence-electron chi connectivity index (χ4n) is 2.88. The molecule has 1 heterocycles. The zero-order chi connectivity index (χ0) is 15.2. The van der Waals surface area contributed by atoms with Gasteiger partial charge in [0.25, 0.3) is 0 Å². The second kappa shape index (κ2) is 7.76. The highest BCUT2D eigenvalue weighted by molar-refractivity contribution is 5.29. The van der Waals surface area contributed by atoms with Gasteiger partial charge in [-0.15, -0.1) is 0 Å². The maximum Gasteiger partial charge on any atom is 0.131 e. The lowest BCUT2D eigenvalue weighted by molar-refractivity contribution is 0.190. The quantitative estimate of drug-likeness (QED) is 0.790. The summed E-state index contributed by atoms with van der Waals surface area (Å²) in [6.45, 7) is 8.70. The molecule has 21 heavy (non-hydrogen) atoms. The fourth-order valence-corrected chi connectivity index (χ4v) is 2.88. The molecule has 1 atom stereocenters. The molecule has 1 aliphatic heterocycles. The second-order valence-corrected chi connectivity index (χ2v) is 6.26. The summed E-state index contributed by atoms with van der Waals surface area (Å²) in [6, 6.07) is 4.31. The van der Waals surface area contributed by atoms with Crippen LogP contribution in [0.3, 0.4) is 0 Å². The summed E-state index contributed by atoms with van der Waals surface area (Å²) in [7, 11) is 0. The van der Waals surface area contributed by atoms with E-state index in [1.54, 1.807) is 6.07 Å². The Kier molecular flexibility index (Phi) is 6.00. The molecule has 0 saturated carbocycles. The van der Waals surface area contributed by atoms with Crippen LogP contribution in [0.1, 0.15) is 44.7 Å². The Hall–Kier alpha value is -1.13. The lowest BCUT2D eigenvalue weighted by Crippen LogP contribution is -2.35. The van der Waals surface area contributed by atoms with Crippen molar-refractivity contribution in [3.8, 4) is 5.75 Å². The summed E-state index contributed by atoms with van der Waals surface area (Å²) in [5.74, 6) is 0.500. The van der Waals surface area contributed by atoms with Gasteiger partial charge < -0.3 is 15.3 Å². The third kappa shape index (κ3) is 4.97. The molecular formula is C17H27FN2O. The SMILES string of the molecule is CC1CCN(CCCNC(C)c2ccc(O)cc2F)CC1. The van der Waals surface area contributed by atoms with Crippen LogP contribution in [0.25, 0.3) is 0 Å². The van der Waals surface area contributed by atoms with E-state index in [0.717, 1.165) is 25.4 Å². The zero-order valence-corrected chi connectivity index (χ0v) is 13.1. The molecule has 0 radical (unpaired) electrons. The third-order valence-corrected chi connectivity index (χ3v) is 4.43. The van der Waals surface area contributed by atoms with Crippen molar-refractivity contribution in [3.63, 3.8) is 0 Å². The fraction of sp³-hybridized carbons (Fsp3) is 0.647. The summed E-state index contributed by atoms with van der Waals surface area (Å²) in [4.78, 5) is 2.52. The largest absolute Gasteiger partial charge is 0.508 e. The number of phenolic OH excluding ortho intramolecular Hbond substituents is 1. The number of nitrogens with one attached hydrogen (secondary N) is 1. The number of benzene rings is 1. The van der Waals surface area contributed by atoms with Crippen molar-refractivity contribution in [1.82, 2.24) is 10.2 Å². The highest BCUT2D eigenvalue weighted by atomic mass is 19.1. The number of hydrogen-bond acceptors (Lipinski definition) is 3. The smallest absolute Gasteiger partial charge is 0.131 e. The summed E-state index contributed by atoms with van der Waals surface area (Å²) in [5, 5.41) is 12.6. The van der Waals surface area contributed by atoms with Crippen LogP contribution in [0.2, 0.25) is 0 Å². The van der Waals surface area contributed by atoms with E-state index < -0.39 is 0 Å². The van der Waals surface area contributed by atoms with Crippen molar-refractivity contribution in [2.24, 2.45) is 5.92 Å². The van der Waals surface area contributed by atoms with Gasteiger partial charge >= 0.3 is 0 Å². The highest BCUT2D eigenvalue weighted by Gasteiger charge is 2.15. The number of phenols is 1. The average Bonchev–Trinajstić information content (AvgIpc) is 2.45. The molecule has 1 aliphatic rings. The van der Waals surface area contributed by atoms with Crippen LogP contribution in [-0.2, 0) is 0 Å². The van der Waals surface area contributed by atoms with E-state index in [1.807, 2.05) is 6.92 Å². The van der Waals surface area contributed by atoms with Crippen LogP contribution < -0.4 is 5.32 Å². The predicted octanol–water partition coefficient (Wildman–Crippen LogP) is 3.30. The van der Waals surface area contributed by atoms with Crippen LogP contribution in [-0.4, -0.2) is 36.2 Å². The Bertz CT molecular complexity index is 444. The number of aromatic hydroxyl groups is 1. The minimum absolute atomic E-state index is 0.0252. The number of hydrogen-bond donors (Lipinski definition) is 2. The first-order valence-corrected chi connectivity index (χ1v) is 8.00. The molecule has 1 aromatic rings. The van der Waals surface area contributed by atoms with E-state index in [1.165, 1.54) is 38.1 Å². The van der Waals surface area contributed by atoms with Crippen molar-refractivity contribution >= 4 is 0 Å². The van der Waals surface area contributed by atoms with Gasteiger partial charge in [-0.25, -0.2) is 4.39 Å². The molecule has 1 saturated heterocycles. The second-order valence-electron chi connectivity index (χ2n) is 6.26. The maximum absolute atomic E-state index is 13.7. The molecule has 1 unspecified atom stereocenters. The van der Waals surface area contributed by atoms with Crippen LogP contribution in [0, 0.1) is 11.7 Å². The van der Waals surface area contributed by atoms with Gasteiger partial charge in [0.1, 0.15) is 11.6 Å². The summed E-state index contributed by atoms with van der Waals surface area (Å²) in [5.41, 5.74) is 0.611. The zero-order valence-electron chi connectivity index (χ0n) is 13.1. The summed E-state index contributed by atoms with van der Waals surface area (Å²) >= 11 is 0. The van der Waals surface area contributed by atoms with Crippen molar-refractivity contribution in [1.29, 1.82) is 0 Å². The molecule has 118 valence electrons. The molecule has 3 nitrogen and oxygen atoms in total. The molecule has 0 amide bonds. The Morgan fingerprint density at radius 2 is 2.10 bits per heavy atom. The van der Waals surface area contributed by atoms with Crippen molar-refractivity contribution in [2.45, 2.75) is 39.2 Å². The molecule has 2 N–H and O–H groups in total. The van der Waals surface area contributed by atoms with Gasteiger partial charge in [0.05, 0.1) is 0 Å². The highest BCUT2D eigenvalue weighted by Crippen LogP contribution is 2.21. The van der Waals surface area contributed by atoms with E-state index in [0.29, 0.717) is 5.56 Å². The molecular weight excluding hydrogens is 267 g/mol. The van der Waals surface area contributed by atoms with Crippen LogP contribution >= 0.6 is 0 Å². The van der Waals surface area contributed by atoms with Gasteiger partial charge in [0, 0.05) is 17.7 Å². The molecule has 0 bridgehead atoms. The Balaban J connectivity index is 1.68. The van der Waals surface area contributed by atoms with Gasteiger partial charge in [-0.05, 0) is 64.3 Å². The van der Waals surface area contributed by atoms with E-state index in [2.05, 4.69) is 17.1 Å². The average molecular weight is 294 g/mol. The first-order chi connectivity index (χ1) is 10.1. The molecule has 0 aromatic heterocycles. The van der Waals surface area contributed by atoms with E-state index in [4.69, 9.17) is 0 Å². The topological polar surface area (TPSA) is 35.5 Å². The van der Waals surface area contributed by atoms with E-state index in [-0.39, 0.29) is 17.6 Å². The maximum atomic E-state index is 13.7. The van der Waals surface area contributed by atoms with Crippen molar-refractivity contribution < 1.29 is 9.50 Å². The normalized spacial score (nSPS) is 18.8. The number of piperidine rings is 1. The van der Waals surface area contributed by atoms with Crippen molar-refractivity contribution in [3.05, 3.63) is 29.6 Å². The van der Waals surface area contributed by atoms with Crippen molar-refractivity contribution in [2.75, 3.05) is 26.2 Å². The van der Waals surface area contributed by atoms with Gasteiger partial charge in [-0.2, -0.15) is 0 Å². The lowest BCUT2D eigenvalue weighted by Gasteiger charge is -2.30. The number of halogens is 1. The first kappa shape index (κ1) is 16.2. The summed E-state index contributed by atoms with van der Waals surface area (Å²) < 4.78 is 13.7. The van der Waals surface area contributed by atoms with Gasteiger partial charge in [-0.3, -0.25) is 0 Å². The minimum Gasteiger partial charge on any atom is -0.508 e. The third-order valence-electron chi connectivity index (χ3n) is 4.43. The molecule has 4 heteroatoms. The van der Waals surface area contributed by atoms with E-state index >= 15 is 0 Å². The van der Waals surface area contributed by atoms with Gasteiger partial charge in [-0.1, -0.05) is 13.0 Å². The van der Waals surface area contributed by atoms with Gasteiger partial charge in [0.2, 0.25) is 0 Å². The molecule has 1 fully saturated rings. The predicted molar refractivity (Wildman–Crippen MR) is 83.9 cm³/mol. The minimum atomic E-state index is -0.347. The molecule has 1 aromatic carbocycles. The van der Waals surface area contributed by atoms with Crippen LogP contribution in [0.15, 0.2) is 18.2 Å². The molecule has 0 aliphatic carbocycles. The Labute approximate surface area is 127 Å². The monoisotopic (exact) mass is 294 g/mol. The standard InChI is InChI=1S/C17H27FN2O/c1-13-6-10-20(11-7-13)9-3-8-19-14(2)16-5-4-15(21)12-17(16)18/h4-5,12-14,19,21H,3,6-11H2,1-2H3. The van der Waals surface area contributed by atoms with Crippen LogP contribution in [0.5, 0.6) is 5.75 Å². The van der Waals surface area contributed by atoms with Gasteiger partial charge in [0.15, 0.2) is 0 Å². The Morgan fingerprint density at radius 3 is 2.76 bits per heavy atom. The number of rotatable bonds is 6. The van der Waals surface area contributed by atoms with E-state index in [9.17, 15) is 9.50 Å². The molecule has 0 spiro atoms. The first-order valence-electron chi connectivity index (χ1n) is 8.00. The lowest BCUT2D eigenvalue weighted by atomic mass is 9.99. The summed E-state index contributed by atoms with van der Waals surface area (Å²) in [6.07, 6.45) is 3.70. The molecule has 2 rings (SSSR count). The number of nitrogens with zero attached hydrogens (tertiary/aromatic N) is 1. The van der Waals surface area contributed by atoms with Crippen LogP contribution in [0.4, 0.5) is 4.39 Å². The number of likely N-dealkylation sites (tertiary alicyclic amines) is 1.